The summed E-state index contributed by atoms with van der Waals surface area (Å²) < 4.78 is 0. The Morgan fingerprint density at radius 2 is 1.86 bits per heavy atom. The van der Waals surface area contributed by atoms with Crippen LogP contribution in [0.25, 0.3) is 0 Å². The topological polar surface area (TPSA) is 83.4 Å². The van der Waals surface area contributed by atoms with E-state index in [9.17, 15) is 0 Å². The third kappa shape index (κ3) is 1.63. The summed E-state index contributed by atoms with van der Waals surface area (Å²) in [4.78, 5) is 0. The fourth-order valence-electron chi connectivity index (χ4n) is 1.02. The predicted octanol–water partition coefficient (Wildman–Crippen LogP) is 1.24. The van der Waals surface area contributed by atoms with E-state index in [2.05, 4.69) is 5.32 Å². The standard InChI is InChI=1S/C10H6N4/c1-7-2-3-8(4-11)10(14-7)9(5-12)6-13/h2-3,14H,1H3. The SMILES string of the molecule is CC1=CC=C(C#N)C(=C(C#N)C#N)N1. The van der Waals surface area contributed by atoms with Crippen LogP contribution in [0.15, 0.2) is 34.7 Å². The van der Waals surface area contributed by atoms with Gasteiger partial charge >= 0.3 is 0 Å². The molecule has 0 bridgehead atoms. The van der Waals surface area contributed by atoms with Crippen LogP contribution in [0.5, 0.6) is 0 Å². The lowest BCUT2D eigenvalue weighted by Gasteiger charge is -2.13. The van der Waals surface area contributed by atoms with Crippen molar-refractivity contribution in [2.24, 2.45) is 0 Å². The molecule has 0 atom stereocenters. The summed E-state index contributed by atoms with van der Waals surface area (Å²) in [6, 6.07) is 5.40. The molecule has 0 fully saturated rings. The van der Waals surface area contributed by atoms with E-state index in [1.807, 2.05) is 6.07 Å². The van der Waals surface area contributed by atoms with Gasteiger partial charge in [0.2, 0.25) is 0 Å². The van der Waals surface area contributed by atoms with Gasteiger partial charge < -0.3 is 5.32 Å². The highest BCUT2D eigenvalue weighted by atomic mass is 14.9. The van der Waals surface area contributed by atoms with Gasteiger partial charge in [0.25, 0.3) is 0 Å². The highest BCUT2D eigenvalue weighted by Crippen LogP contribution is 2.16. The summed E-state index contributed by atoms with van der Waals surface area (Å²) in [5.74, 6) is 0. The van der Waals surface area contributed by atoms with E-state index in [1.165, 1.54) is 0 Å². The molecule has 0 aromatic carbocycles. The van der Waals surface area contributed by atoms with Crippen molar-refractivity contribution in [1.82, 2.24) is 5.32 Å². The molecule has 1 aliphatic rings. The number of nitrogens with zero attached hydrogens (tertiary/aromatic N) is 3. The average molecular weight is 182 g/mol. The van der Waals surface area contributed by atoms with E-state index in [0.29, 0.717) is 5.57 Å². The van der Waals surface area contributed by atoms with Crippen LogP contribution in [-0.4, -0.2) is 0 Å². The molecule has 0 unspecified atom stereocenters. The van der Waals surface area contributed by atoms with Crippen LogP contribution >= 0.6 is 0 Å². The summed E-state index contributed by atoms with van der Waals surface area (Å²) in [5, 5.41) is 28.9. The molecule has 1 N–H and O–H groups in total. The van der Waals surface area contributed by atoms with E-state index < -0.39 is 0 Å². The number of rotatable bonds is 0. The number of hydrogen-bond donors (Lipinski definition) is 1. The molecule has 0 saturated heterocycles. The first-order valence-electron chi connectivity index (χ1n) is 3.83. The molecule has 0 aliphatic carbocycles. The third-order valence-corrected chi connectivity index (χ3v) is 1.69. The summed E-state index contributed by atoms with van der Waals surface area (Å²) in [5.41, 5.74) is 1.30. The molecule has 0 radical (unpaired) electrons. The van der Waals surface area contributed by atoms with Crippen molar-refractivity contribution in [3.05, 3.63) is 34.7 Å². The normalized spacial score (nSPS) is 13.7. The number of dihydropyridines is 1. The Labute approximate surface area is 81.7 Å². The van der Waals surface area contributed by atoms with Gasteiger partial charge in [-0.15, -0.1) is 0 Å². The first kappa shape index (κ1) is 9.58. The molecule has 0 spiro atoms. The molecule has 1 heterocycles. The molecule has 4 heteroatoms. The van der Waals surface area contributed by atoms with Gasteiger partial charge in [-0.3, -0.25) is 0 Å². The van der Waals surface area contributed by atoms with Crippen LogP contribution in [-0.2, 0) is 0 Å². The summed E-state index contributed by atoms with van der Waals surface area (Å²) >= 11 is 0. The van der Waals surface area contributed by atoms with Crippen molar-refractivity contribution >= 4 is 0 Å². The third-order valence-electron chi connectivity index (χ3n) is 1.69. The minimum absolute atomic E-state index is 0.0785. The van der Waals surface area contributed by atoms with E-state index >= 15 is 0 Å². The highest BCUT2D eigenvalue weighted by molar-refractivity contribution is 5.56. The van der Waals surface area contributed by atoms with Gasteiger partial charge in [0, 0.05) is 5.70 Å². The number of nitrogens with one attached hydrogen (secondary N) is 1. The number of nitriles is 3. The van der Waals surface area contributed by atoms with E-state index in [-0.39, 0.29) is 11.3 Å². The molecule has 0 aromatic rings. The Balaban J connectivity index is 3.31. The van der Waals surface area contributed by atoms with Gasteiger partial charge in [0.15, 0.2) is 5.57 Å². The predicted molar refractivity (Wildman–Crippen MR) is 48.8 cm³/mol. The van der Waals surface area contributed by atoms with Crippen molar-refractivity contribution in [2.45, 2.75) is 6.92 Å². The maximum atomic E-state index is 8.75. The molecule has 1 aliphatic heterocycles. The fraction of sp³-hybridized carbons (Fsp3) is 0.100. The second-order valence-electron chi connectivity index (χ2n) is 2.64. The molecule has 0 amide bonds. The Kier molecular flexibility index (Phi) is 2.69. The largest absolute Gasteiger partial charge is 0.356 e. The fourth-order valence-corrected chi connectivity index (χ4v) is 1.02. The first-order chi connectivity index (χ1) is 6.72. The lowest BCUT2D eigenvalue weighted by molar-refractivity contribution is 0.965. The van der Waals surface area contributed by atoms with Gasteiger partial charge in [-0.2, -0.15) is 15.8 Å². The Morgan fingerprint density at radius 3 is 2.36 bits per heavy atom. The highest BCUT2D eigenvalue weighted by Gasteiger charge is 2.14. The zero-order valence-electron chi connectivity index (χ0n) is 7.50. The lowest BCUT2D eigenvalue weighted by Crippen LogP contribution is -2.17. The van der Waals surface area contributed by atoms with Gasteiger partial charge in [-0.25, -0.2) is 0 Å². The Hall–Kier alpha value is -2.51. The van der Waals surface area contributed by atoms with E-state index in [0.717, 1.165) is 5.70 Å². The number of allylic oxidation sites excluding steroid dienone is 5. The van der Waals surface area contributed by atoms with Crippen LogP contribution in [0.4, 0.5) is 0 Å². The summed E-state index contributed by atoms with van der Waals surface area (Å²) in [6.45, 7) is 1.79. The summed E-state index contributed by atoms with van der Waals surface area (Å²) in [6.07, 6.45) is 3.30. The van der Waals surface area contributed by atoms with E-state index in [1.54, 1.807) is 31.2 Å². The molecule has 0 saturated carbocycles. The zero-order chi connectivity index (χ0) is 10.6. The van der Waals surface area contributed by atoms with Gasteiger partial charge in [0.05, 0.1) is 11.3 Å². The molecular weight excluding hydrogens is 176 g/mol. The van der Waals surface area contributed by atoms with Crippen LogP contribution in [0.1, 0.15) is 6.92 Å². The van der Waals surface area contributed by atoms with Crippen molar-refractivity contribution in [1.29, 1.82) is 15.8 Å². The molecular formula is C10H6N4. The average Bonchev–Trinajstić information content (AvgIpc) is 2.20. The molecule has 1 rings (SSSR count). The molecule has 0 aromatic heterocycles. The minimum atomic E-state index is -0.0785. The van der Waals surface area contributed by atoms with Gasteiger partial charge in [-0.1, -0.05) is 0 Å². The maximum absolute atomic E-state index is 8.75. The zero-order valence-corrected chi connectivity index (χ0v) is 7.50. The van der Waals surface area contributed by atoms with Crippen LogP contribution in [0.2, 0.25) is 0 Å². The van der Waals surface area contributed by atoms with Crippen LogP contribution in [0, 0.1) is 34.0 Å². The molecule has 66 valence electrons. The Bertz CT molecular complexity index is 456. The van der Waals surface area contributed by atoms with Crippen molar-refractivity contribution in [3.8, 4) is 18.2 Å². The maximum Gasteiger partial charge on any atom is 0.154 e. The second kappa shape index (κ2) is 3.94. The quantitative estimate of drug-likeness (QED) is 0.571. The first-order valence-corrected chi connectivity index (χ1v) is 3.83. The summed E-state index contributed by atoms with van der Waals surface area (Å²) in [7, 11) is 0. The monoisotopic (exact) mass is 182 g/mol. The minimum Gasteiger partial charge on any atom is -0.356 e. The van der Waals surface area contributed by atoms with E-state index in [4.69, 9.17) is 15.8 Å². The van der Waals surface area contributed by atoms with Crippen molar-refractivity contribution in [2.75, 3.05) is 0 Å². The van der Waals surface area contributed by atoms with Gasteiger partial charge in [-0.05, 0) is 19.1 Å². The molecule has 14 heavy (non-hydrogen) atoms. The van der Waals surface area contributed by atoms with Gasteiger partial charge in [0.1, 0.15) is 18.2 Å². The molecule has 4 nitrogen and oxygen atoms in total. The smallest absolute Gasteiger partial charge is 0.154 e. The Morgan fingerprint density at radius 1 is 1.21 bits per heavy atom. The van der Waals surface area contributed by atoms with Crippen molar-refractivity contribution in [3.63, 3.8) is 0 Å². The lowest BCUT2D eigenvalue weighted by atomic mass is 10.1. The second-order valence-corrected chi connectivity index (χ2v) is 2.64. The van der Waals surface area contributed by atoms with Crippen LogP contribution in [0.3, 0.4) is 0 Å². The number of hydrogen-bond acceptors (Lipinski definition) is 4. The van der Waals surface area contributed by atoms with Crippen molar-refractivity contribution < 1.29 is 0 Å². The van der Waals surface area contributed by atoms with Crippen LogP contribution < -0.4 is 5.32 Å².